The Morgan fingerprint density at radius 3 is 2.36 bits per heavy atom. The van der Waals surface area contributed by atoms with Gasteiger partial charge >= 0.3 is 6.36 Å². The molecule has 180 valence electrons. The molecule has 0 saturated carbocycles. The average Bonchev–Trinajstić information content (AvgIpc) is 2.78. The minimum absolute atomic E-state index is 0.0485. The van der Waals surface area contributed by atoms with Gasteiger partial charge in [0.15, 0.2) is 0 Å². The minimum atomic E-state index is -4.88. The average molecular weight is 486 g/mol. The summed E-state index contributed by atoms with van der Waals surface area (Å²) in [5.74, 6) is -0.985. The van der Waals surface area contributed by atoms with Crippen molar-refractivity contribution >= 4 is 15.9 Å². The van der Waals surface area contributed by atoms with Gasteiger partial charge in [-0.25, -0.2) is 8.42 Å². The van der Waals surface area contributed by atoms with Gasteiger partial charge in [0, 0.05) is 26.2 Å². The Morgan fingerprint density at radius 1 is 1.12 bits per heavy atom. The van der Waals surface area contributed by atoms with Crippen LogP contribution in [0.3, 0.4) is 0 Å². The minimum Gasteiger partial charge on any atom is -0.406 e. The number of halogens is 3. The van der Waals surface area contributed by atoms with Gasteiger partial charge in [-0.2, -0.15) is 4.31 Å². The van der Waals surface area contributed by atoms with Crippen LogP contribution in [0.4, 0.5) is 13.2 Å². The molecule has 3 rings (SSSR count). The zero-order valence-corrected chi connectivity index (χ0v) is 18.9. The molecule has 2 aromatic rings. The van der Waals surface area contributed by atoms with Gasteiger partial charge in [0.25, 0.3) is 0 Å². The predicted octanol–water partition coefficient (Wildman–Crippen LogP) is 2.82. The Morgan fingerprint density at radius 2 is 1.76 bits per heavy atom. The van der Waals surface area contributed by atoms with Crippen molar-refractivity contribution in [1.82, 2.24) is 14.9 Å². The summed E-state index contributed by atoms with van der Waals surface area (Å²) in [6.45, 7) is 2.86. The van der Waals surface area contributed by atoms with Gasteiger partial charge in [0.2, 0.25) is 15.9 Å². The molecular weight excluding hydrogens is 459 g/mol. The number of carbonyl (C=O) groups excluding carboxylic acids is 1. The highest BCUT2D eigenvalue weighted by molar-refractivity contribution is 7.89. The molecule has 1 saturated heterocycles. The number of ether oxygens (including phenoxy) is 1. The normalized spacial score (nSPS) is 17.5. The van der Waals surface area contributed by atoms with E-state index in [1.54, 1.807) is 0 Å². The van der Waals surface area contributed by atoms with Gasteiger partial charge in [0.1, 0.15) is 11.8 Å². The number of aryl methyl sites for hydroxylation is 1. The first-order valence-corrected chi connectivity index (χ1v) is 12.0. The summed E-state index contributed by atoms with van der Waals surface area (Å²) < 4.78 is 68.2. The van der Waals surface area contributed by atoms with E-state index in [4.69, 9.17) is 0 Å². The highest BCUT2D eigenvalue weighted by Crippen LogP contribution is 2.26. The van der Waals surface area contributed by atoms with Crippen LogP contribution in [-0.4, -0.2) is 50.7 Å². The number of sulfonamides is 1. The molecule has 1 heterocycles. The molecule has 1 aliphatic heterocycles. The number of hydrogen-bond donors (Lipinski definition) is 2. The van der Waals surface area contributed by atoms with E-state index in [-0.39, 0.29) is 24.5 Å². The first-order chi connectivity index (χ1) is 15.6. The Labute approximate surface area is 191 Å². The summed E-state index contributed by atoms with van der Waals surface area (Å²) in [7, 11) is -4.12. The van der Waals surface area contributed by atoms with Crippen molar-refractivity contribution in [3.05, 3.63) is 59.7 Å². The molecule has 11 heteroatoms. The van der Waals surface area contributed by atoms with Crippen LogP contribution in [0.5, 0.6) is 5.75 Å². The van der Waals surface area contributed by atoms with Gasteiger partial charge in [-0.05, 0) is 41.8 Å². The van der Waals surface area contributed by atoms with Crippen LogP contribution in [0.1, 0.15) is 24.5 Å². The highest BCUT2D eigenvalue weighted by atomic mass is 32.2. The lowest BCUT2D eigenvalue weighted by Crippen LogP contribution is -2.59. The lowest BCUT2D eigenvalue weighted by atomic mass is 10.1. The number of benzene rings is 2. The quantitative estimate of drug-likeness (QED) is 0.601. The van der Waals surface area contributed by atoms with Crippen LogP contribution in [-0.2, 0) is 27.8 Å². The smallest absolute Gasteiger partial charge is 0.406 e. The number of nitrogens with one attached hydrogen (secondary N) is 2. The summed E-state index contributed by atoms with van der Waals surface area (Å²) in [5.41, 5.74) is 2.09. The van der Waals surface area contributed by atoms with Crippen LogP contribution < -0.4 is 15.4 Å². The first kappa shape index (κ1) is 25.0. The molecule has 33 heavy (non-hydrogen) atoms. The molecule has 1 fully saturated rings. The summed E-state index contributed by atoms with van der Waals surface area (Å²) >= 11 is 0. The van der Waals surface area contributed by atoms with Crippen molar-refractivity contribution in [1.29, 1.82) is 0 Å². The van der Waals surface area contributed by atoms with E-state index in [1.165, 1.54) is 5.56 Å². The van der Waals surface area contributed by atoms with E-state index in [1.807, 2.05) is 24.3 Å². The molecule has 0 radical (unpaired) electrons. The fourth-order valence-electron chi connectivity index (χ4n) is 3.56. The van der Waals surface area contributed by atoms with E-state index in [2.05, 4.69) is 22.3 Å². The number of hydrogen-bond acceptors (Lipinski definition) is 5. The van der Waals surface area contributed by atoms with Crippen molar-refractivity contribution in [3.63, 3.8) is 0 Å². The molecular formula is C22H26F3N3O4S. The monoisotopic (exact) mass is 485 g/mol. The molecule has 1 unspecified atom stereocenters. The molecule has 0 aromatic heterocycles. The molecule has 1 aliphatic rings. The fraction of sp³-hybridized carbons (Fsp3) is 0.409. The SMILES string of the molecule is CCCc1ccc(CNC(=O)C2CNCCN2S(=O)(=O)c2ccc(OC(F)(F)F)cc2)cc1. The molecule has 0 bridgehead atoms. The van der Waals surface area contributed by atoms with E-state index in [0.717, 1.165) is 47.0 Å². The number of piperazine rings is 1. The molecule has 1 atom stereocenters. The van der Waals surface area contributed by atoms with Gasteiger partial charge in [0.05, 0.1) is 4.90 Å². The van der Waals surface area contributed by atoms with Gasteiger partial charge in [-0.3, -0.25) is 4.79 Å². The van der Waals surface area contributed by atoms with E-state index in [9.17, 15) is 26.4 Å². The molecule has 7 nitrogen and oxygen atoms in total. The van der Waals surface area contributed by atoms with Gasteiger partial charge < -0.3 is 15.4 Å². The Bertz CT molecular complexity index is 1040. The van der Waals surface area contributed by atoms with Crippen LogP contribution in [0.15, 0.2) is 53.4 Å². The van der Waals surface area contributed by atoms with Crippen LogP contribution in [0, 0.1) is 0 Å². The van der Waals surface area contributed by atoms with Crippen LogP contribution in [0.25, 0.3) is 0 Å². The highest BCUT2D eigenvalue weighted by Gasteiger charge is 2.38. The molecule has 1 amide bonds. The van der Waals surface area contributed by atoms with Crippen molar-refractivity contribution in [2.24, 2.45) is 0 Å². The van der Waals surface area contributed by atoms with Gasteiger partial charge in [-0.15, -0.1) is 13.2 Å². The first-order valence-electron chi connectivity index (χ1n) is 10.5. The number of carbonyl (C=O) groups is 1. The third-order valence-corrected chi connectivity index (χ3v) is 7.11. The zero-order chi connectivity index (χ0) is 24.1. The fourth-order valence-corrected chi connectivity index (χ4v) is 5.15. The third-order valence-electron chi connectivity index (χ3n) is 5.19. The second-order valence-electron chi connectivity index (χ2n) is 7.64. The van der Waals surface area contributed by atoms with Gasteiger partial charge in [-0.1, -0.05) is 37.6 Å². The Kier molecular flexibility index (Phi) is 7.98. The van der Waals surface area contributed by atoms with Crippen molar-refractivity contribution in [3.8, 4) is 5.75 Å². The lowest BCUT2D eigenvalue weighted by Gasteiger charge is -2.34. The molecule has 0 spiro atoms. The Hall–Kier alpha value is -2.63. The zero-order valence-electron chi connectivity index (χ0n) is 18.1. The molecule has 0 aliphatic carbocycles. The summed E-state index contributed by atoms with van der Waals surface area (Å²) in [6, 6.07) is 10.8. The third kappa shape index (κ3) is 6.68. The number of amides is 1. The largest absolute Gasteiger partial charge is 0.573 e. The van der Waals surface area contributed by atoms with Crippen molar-refractivity contribution < 1.29 is 31.1 Å². The van der Waals surface area contributed by atoms with E-state index < -0.39 is 34.1 Å². The van der Waals surface area contributed by atoms with E-state index in [0.29, 0.717) is 6.54 Å². The second-order valence-corrected chi connectivity index (χ2v) is 9.53. The maximum absolute atomic E-state index is 13.1. The van der Waals surface area contributed by atoms with Crippen LogP contribution in [0.2, 0.25) is 0 Å². The summed E-state index contributed by atoms with van der Waals surface area (Å²) in [4.78, 5) is 12.6. The predicted molar refractivity (Wildman–Crippen MR) is 116 cm³/mol. The maximum atomic E-state index is 13.1. The Balaban J connectivity index is 1.69. The van der Waals surface area contributed by atoms with E-state index >= 15 is 0 Å². The number of nitrogens with zero attached hydrogens (tertiary/aromatic N) is 1. The number of rotatable bonds is 8. The van der Waals surface area contributed by atoms with Crippen LogP contribution >= 0.6 is 0 Å². The summed E-state index contributed by atoms with van der Waals surface area (Å²) in [5, 5.41) is 5.79. The second kappa shape index (κ2) is 10.5. The maximum Gasteiger partial charge on any atom is 0.573 e. The lowest BCUT2D eigenvalue weighted by molar-refractivity contribution is -0.274. The van der Waals surface area contributed by atoms with Crippen molar-refractivity contribution in [2.75, 3.05) is 19.6 Å². The number of alkyl halides is 3. The standard InChI is InChI=1S/C22H26F3N3O4S/c1-2-3-16-4-6-17(7-5-16)14-27-21(29)20-15-26-12-13-28(20)33(30,31)19-10-8-18(9-11-19)32-22(23,24)25/h4-11,20,26H,2-3,12-15H2,1H3,(H,27,29). The topological polar surface area (TPSA) is 87.7 Å². The molecule has 2 N–H and O–H groups in total. The van der Waals surface area contributed by atoms with Crippen molar-refractivity contribution in [2.45, 2.75) is 43.6 Å². The molecule has 2 aromatic carbocycles. The summed E-state index contributed by atoms with van der Waals surface area (Å²) in [6.07, 6.45) is -2.87.